The zero-order chi connectivity index (χ0) is 24.0. The second kappa shape index (κ2) is 10.7. The first-order valence-electron chi connectivity index (χ1n) is 11.9. The molecule has 2 aliphatic heterocycles. The lowest BCUT2D eigenvalue weighted by Crippen LogP contribution is -2.44. The summed E-state index contributed by atoms with van der Waals surface area (Å²) in [6.07, 6.45) is 3.56. The van der Waals surface area contributed by atoms with Crippen LogP contribution in [0.1, 0.15) is 34.5 Å². The molecule has 0 aliphatic carbocycles. The number of hydrogen-bond acceptors (Lipinski definition) is 7. The highest BCUT2D eigenvalue weighted by Crippen LogP contribution is 2.33. The largest absolute Gasteiger partial charge is 0.497 e. The van der Waals surface area contributed by atoms with Crippen LogP contribution in [0.4, 0.5) is 5.69 Å². The van der Waals surface area contributed by atoms with Gasteiger partial charge in [0.05, 0.1) is 24.9 Å². The summed E-state index contributed by atoms with van der Waals surface area (Å²) < 4.78 is 16.3. The molecule has 1 fully saturated rings. The second-order valence-electron chi connectivity index (χ2n) is 8.80. The Balaban J connectivity index is 1.17. The summed E-state index contributed by atoms with van der Waals surface area (Å²) in [5, 5.41) is 6.57. The molecule has 8 nitrogen and oxygen atoms in total. The van der Waals surface area contributed by atoms with E-state index in [4.69, 9.17) is 14.2 Å². The molecule has 2 N–H and O–H groups in total. The van der Waals surface area contributed by atoms with Gasteiger partial charge in [0, 0.05) is 37.6 Å². The third-order valence-electron chi connectivity index (χ3n) is 6.42. The third-order valence-corrected chi connectivity index (χ3v) is 6.42. The van der Waals surface area contributed by atoms with Crippen LogP contribution >= 0.6 is 0 Å². The molecule has 0 atom stereocenters. The van der Waals surface area contributed by atoms with Gasteiger partial charge in [-0.1, -0.05) is 12.1 Å². The molecule has 1 aromatic heterocycles. The van der Waals surface area contributed by atoms with Gasteiger partial charge in [0.1, 0.15) is 5.75 Å². The van der Waals surface area contributed by atoms with Crippen molar-refractivity contribution < 1.29 is 19.0 Å². The standard InChI is InChI=1S/C27H30N4O4/c1-33-22-6-7-24(29-16-21-4-2-3-11-28-21)23(15-22)27(32)30-20-9-12-31(13-10-20)17-19-5-8-25-26(14-19)35-18-34-25/h2-8,11,14-15,20,29H,9-10,12-13,16-18H2,1H3,(H,30,32). The van der Waals surface area contributed by atoms with E-state index in [9.17, 15) is 4.79 Å². The van der Waals surface area contributed by atoms with Crippen LogP contribution in [-0.4, -0.2) is 48.8 Å². The number of pyridine rings is 1. The molecule has 3 aromatic rings. The Kier molecular flexibility index (Phi) is 6.99. The van der Waals surface area contributed by atoms with E-state index in [1.807, 2.05) is 36.4 Å². The number of benzene rings is 2. The highest BCUT2D eigenvalue weighted by atomic mass is 16.7. The molecule has 0 spiro atoms. The summed E-state index contributed by atoms with van der Waals surface area (Å²) >= 11 is 0. The number of hydrogen-bond donors (Lipinski definition) is 2. The Bertz CT molecular complexity index is 1160. The van der Waals surface area contributed by atoms with Crippen LogP contribution in [0.3, 0.4) is 0 Å². The molecule has 2 aromatic carbocycles. The average Bonchev–Trinajstić information content (AvgIpc) is 3.37. The van der Waals surface area contributed by atoms with Crippen LogP contribution in [0, 0.1) is 0 Å². The number of rotatable bonds is 8. The number of nitrogens with one attached hydrogen (secondary N) is 2. The normalized spacial score (nSPS) is 15.6. The first kappa shape index (κ1) is 23.0. The van der Waals surface area contributed by atoms with Crippen LogP contribution in [0.25, 0.3) is 0 Å². The molecule has 182 valence electrons. The predicted octanol–water partition coefficient (Wildman–Crippen LogP) is 3.83. The molecule has 8 heteroatoms. The van der Waals surface area contributed by atoms with Crippen LogP contribution in [0.5, 0.6) is 17.2 Å². The summed E-state index contributed by atoms with van der Waals surface area (Å²) in [6, 6.07) is 17.5. The molecule has 0 unspecified atom stereocenters. The van der Waals surface area contributed by atoms with E-state index >= 15 is 0 Å². The molecule has 2 aliphatic rings. The van der Waals surface area contributed by atoms with E-state index in [2.05, 4.69) is 32.7 Å². The minimum absolute atomic E-state index is 0.0957. The average molecular weight is 475 g/mol. The highest BCUT2D eigenvalue weighted by Gasteiger charge is 2.23. The van der Waals surface area contributed by atoms with Crippen molar-refractivity contribution in [2.24, 2.45) is 0 Å². The first-order chi connectivity index (χ1) is 17.2. The Hall–Kier alpha value is -3.78. The maximum absolute atomic E-state index is 13.2. The molecule has 35 heavy (non-hydrogen) atoms. The van der Waals surface area contributed by atoms with Gasteiger partial charge in [-0.2, -0.15) is 0 Å². The van der Waals surface area contributed by atoms with E-state index in [-0.39, 0.29) is 18.7 Å². The van der Waals surface area contributed by atoms with Crippen molar-refractivity contribution in [3.63, 3.8) is 0 Å². The van der Waals surface area contributed by atoms with Gasteiger partial charge in [0.25, 0.3) is 5.91 Å². The Morgan fingerprint density at radius 1 is 1.09 bits per heavy atom. The van der Waals surface area contributed by atoms with Crippen molar-refractivity contribution in [3.05, 3.63) is 77.6 Å². The minimum atomic E-state index is -0.0957. The van der Waals surface area contributed by atoms with E-state index in [1.165, 1.54) is 5.56 Å². The minimum Gasteiger partial charge on any atom is -0.497 e. The number of carbonyl (C=O) groups is 1. The highest BCUT2D eigenvalue weighted by molar-refractivity contribution is 6.00. The van der Waals surface area contributed by atoms with Gasteiger partial charge in [0.15, 0.2) is 11.5 Å². The second-order valence-corrected chi connectivity index (χ2v) is 8.80. The van der Waals surface area contributed by atoms with Crippen LogP contribution in [0.2, 0.25) is 0 Å². The zero-order valence-corrected chi connectivity index (χ0v) is 19.8. The van der Waals surface area contributed by atoms with E-state index in [0.717, 1.165) is 55.4 Å². The van der Waals surface area contributed by atoms with Crippen LogP contribution in [0.15, 0.2) is 60.8 Å². The number of likely N-dealkylation sites (tertiary alicyclic amines) is 1. The van der Waals surface area contributed by atoms with Crippen LogP contribution in [-0.2, 0) is 13.1 Å². The number of aromatic nitrogens is 1. The summed E-state index contributed by atoms with van der Waals surface area (Å²) in [5.74, 6) is 2.18. The Morgan fingerprint density at radius 3 is 2.74 bits per heavy atom. The van der Waals surface area contributed by atoms with Crippen molar-refractivity contribution >= 4 is 11.6 Å². The molecule has 3 heterocycles. The molecule has 0 saturated carbocycles. The molecular weight excluding hydrogens is 444 g/mol. The monoisotopic (exact) mass is 474 g/mol. The maximum atomic E-state index is 13.2. The molecule has 0 radical (unpaired) electrons. The van der Waals surface area contributed by atoms with Crippen LogP contribution < -0.4 is 24.8 Å². The number of carbonyl (C=O) groups excluding carboxylic acids is 1. The van der Waals surface area contributed by atoms with Gasteiger partial charge in [-0.3, -0.25) is 14.7 Å². The van der Waals surface area contributed by atoms with E-state index < -0.39 is 0 Å². The summed E-state index contributed by atoms with van der Waals surface area (Å²) in [4.78, 5) is 20.0. The topological polar surface area (TPSA) is 85.0 Å². The molecule has 0 bridgehead atoms. The lowest BCUT2D eigenvalue weighted by Gasteiger charge is -2.32. The summed E-state index contributed by atoms with van der Waals surface area (Å²) in [6.45, 7) is 3.52. The zero-order valence-electron chi connectivity index (χ0n) is 19.8. The number of methoxy groups -OCH3 is 1. The number of amides is 1. The SMILES string of the molecule is COc1ccc(NCc2ccccn2)c(C(=O)NC2CCN(Cc3ccc4c(c3)OCO4)CC2)c1. The lowest BCUT2D eigenvalue weighted by molar-refractivity contribution is 0.0909. The number of anilines is 1. The lowest BCUT2D eigenvalue weighted by atomic mass is 10.0. The summed E-state index contributed by atoms with van der Waals surface area (Å²) in [7, 11) is 1.61. The molecular formula is C27H30N4O4. The van der Waals surface area contributed by atoms with Gasteiger partial charge in [-0.15, -0.1) is 0 Å². The van der Waals surface area contributed by atoms with Gasteiger partial charge < -0.3 is 24.8 Å². The molecule has 5 rings (SSSR count). The fraction of sp³-hybridized carbons (Fsp3) is 0.333. The molecule has 1 amide bonds. The fourth-order valence-corrected chi connectivity index (χ4v) is 4.48. The number of fused-ring (bicyclic) bond motifs is 1. The predicted molar refractivity (Wildman–Crippen MR) is 133 cm³/mol. The van der Waals surface area contributed by atoms with Crippen molar-refractivity contribution in [1.82, 2.24) is 15.2 Å². The Morgan fingerprint density at radius 2 is 1.94 bits per heavy atom. The number of ether oxygens (including phenoxy) is 3. The van der Waals surface area contributed by atoms with Crippen molar-refractivity contribution in [2.75, 3.05) is 32.3 Å². The van der Waals surface area contributed by atoms with Crippen molar-refractivity contribution in [1.29, 1.82) is 0 Å². The quantitative estimate of drug-likeness (QED) is 0.513. The number of nitrogens with zero attached hydrogens (tertiary/aromatic N) is 2. The molecule has 1 saturated heterocycles. The number of piperidine rings is 1. The fourth-order valence-electron chi connectivity index (χ4n) is 4.48. The maximum Gasteiger partial charge on any atom is 0.253 e. The third kappa shape index (κ3) is 5.66. The first-order valence-corrected chi connectivity index (χ1v) is 11.9. The van der Waals surface area contributed by atoms with E-state index in [1.54, 1.807) is 19.4 Å². The smallest absolute Gasteiger partial charge is 0.253 e. The van der Waals surface area contributed by atoms with Gasteiger partial charge >= 0.3 is 0 Å². The van der Waals surface area contributed by atoms with Gasteiger partial charge in [-0.05, 0) is 60.9 Å². The summed E-state index contributed by atoms with van der Waals surface area (Å²) in [5.41, 5.74) is 3.44. The van der Waals surface area contributed by atoms with Crippen molar-refractivity contribution in [3.8, 4) is 17.2 Å². The Labute approximate surface area is 205 Å². The van der Waals surface area contributed by atoms with E-state index in [0.29, 0.717) is 17.9 Å². The van der Waals surface area contributed by atoms with Gasteiger partial charge in [-0.25, -0.2) is 0 Å². The van der Waals surface area contributed by atoms with Gasteiger partial charge in [0.2, 0.25) is 6.79 Å². The van der Waals surface area contributed by atoms with Crippen molar-refractivity contribution in [2.45, 2.75) is 32.0 Å².